The highest BCUT2D eigenvalue weighted by atomic mass is 35.5. The van der Waals surface area contributed by atoms with Crippen molar-refractivity contribution in [1.82, 2.24) is 39.5 Å². The summed E-state index contributed by atoms with van der Waals surface area (Å²) >= 11 is 6.80. The van der Waals surface area contributed by atoms with Crippen LogP contribution in [-0.2, 0) is 18.4 Å². The molecular formula is C29H25ClF3N9O3. The molecule has 0 spiro atoms. The maximum absolute atomic E-state index is 13.4. The number of nitrogen functional groups attached to an aromatic ring is 1. The molecule has 0 aliphatic heterocycles. The molecule has 1 atom stereocenters. The number of carbonyl (C=O) groups is 2. The van der Waals surface area contributed by atoms with E-state index in [9.17, 15) is 18.0 Å². The van der Waals surface area contributed by atoms with Gasteiger partial charge >= 0.3 is 12.1 Å². The van der Waals surface area contributed by atoms with Crippen LogP contribution in [0.4, 0.5) is 19.0 Å². The van der Waals surface area contributed by atoms with Crippen LogP contribution >= 0.6 is 11.6 Å². The van der Waals surface area contributed by atoms with E-state index in [1.165, 1.54) is 4.52 Å². The number of aliphatic carboxylic acids is 1. The number of carbonyl (C=O) groups excluding carboxylic acids is 1. The number of carboxylic acid groups (broad SMARTS) is 1. The lowest BCUT2D eigenvalue weighted by Gasteiger charge is -2.19. The summed E-state index contributed by atoms with van der Waals surface area (Å²) in [6, 6.07) is 15.1. The van der Waals surface area contributed by atoms with Crippen molar-refractivity contribution < 1.29 is 27.9 Å². The molecule has 4 heterocycles. The standard InChI is InChI=1S/C27H24ClN9O.C2HF3O2/c1-16(31-27(38)23-25(29)34-37-11-6-10-30-26(23)37)19-13-21(28)20-15-36(14-18-9-12-35(2)32-18)33-24(20)22(19)17-7-4-3-5-8-17;3-2(4,5)1(6)7/h3-13,15-16H,14H2,1-2H3,(H2,29,34)(H,31,38);(H,6,7). The Labute approximate surface area is 257 Å². The maximum atomic E-state index is 13.4. The van der Waals surface area contributed by atoms with E-state index < -0.39 is 18.2 Å². The second kappa shape index (κ2) is 12.3. The highest BCUT2D eigenvalue weighted by molar-refractivity contribution is 6.36. The van der Waals surface area contributed by atoms with Gasteiger partial charge in [0.25, 0.3) is 5.91 Å². The first kappa shape index (κ1) is 31.0. The quantitative estimate of drug-likeness (QED) is 0.232. The minimum Gasteiger partial charge on any atom is -0.475 e. The smallest absolute Gasteiger partial charge is 0.475 e. The Kier molecular flexibility index (Phi) is 8.46. The van der Waals surface area contributed by atoms with Crippen LogP contribution in [0.5, 0.6) is 0 Å². The molecule has 6 rings (SSSR count). The van der Waals surface area contributed by atoms with Gasteiger partial charge in [0.1, 0.15) is 11.1 Å². The number of amides is 1. The molecule has 6 aromatic rings. The van der Waals surface area contributed by atoms with Crippen LogP contribution < -0.4 is 11.1 Å². The number of nitrogens with zero attached hydrogens (tertiary/aromatic N) is 7. The fraction of sp³-hybridized carbons (Fsp3) is 0.172. The molecule has 1 amide bonds. The van der Waals surface area contributed by atoms with Gasteiger partial charge in [-0.05, 0) is 36.2 Å². The molecule has 2 aromatic carbocycles. The molecule has 12 nitrogen and oxygen atoms in total. The highest BCUT2D eigenvalue weighted by Gasteiger charge is 2.38. The van der Waals surface area contributed by atoms with Gasteiger partial charge in [-0.25, -0.2) is 14.3 Å². The zero-order valence-corrected chi connectivity index (χ0v) is 24.5. The van der Waals surface area contributed by atoms with Crippen molar-refractivity contribution in [2.24, 2.45) is 7.05 Å². The number of hydrogen-bond donors (Lipinski definition) is 3. The SMILES string of the molecule is CC(NC(=O)c1c(N)nn2cccnc12)c1cc(Cl)c2cn(Cc3ccn(C)n3)nc2c1-c1ccccc1.O=C(O)C(F)(F)F. The molecule has 4 N–H and O–H groups in total. The van der Waals surface area contributed by atoms with Crippen LogP contribution in [0.15, 0.2) is 73.3 Å². The van der Waals surface area contributed by atoms with Gasteiger partial charge in [0.15, 0.2) is 11.5 Å². The van der Waals surface area contributed by atoms with Crippen molar-refractivity contribution in [3.05, 3.63) is 95.2 Å². The Balaban J connectivity index is 0.000000515. The molecule has 0 saturated carbocycles. The average Bonchev–Trinajstić information content (AvgIpc) is 3.69. The molecule has 0 saturated heterocycles. The van der Waals surface area contributed by atoms with E-state index in [4.69, 9.17) is 32.3 Å². The lowest BCUT2D eigenvalue weighted by molar-refractivity contribution is -0.192. The predicted octanol–water partition coefficient (Wildman–Crippen LogP) is 4.89. The minimum atomic E-state index is -5.08. The normalized spacial score (nSPS) is 12.1. The highest BCUT2D eigenvalue weighted by Crippen LogP contribution is 2.39. The number of halogens is 4. The minimum absolute atomic E-state index is 0.110. The second-order valence-corrected chi connectivity index (χ2v) is 10.3. The van der Waals surface area contributed by atoms with E-state index in [0.29, 0.717) is 17.2 Å². The molecule has 232 valence electrons. The zero-order valence-electron chi connectivity index (χ0n) is 23.7. The topological polar surface area (TPSA) is 158 Å². The molecule has 0 radical (unpaired) electrons. The van der Waals surface area contributed by atoms with Gasteiger partial charge in [-0.2, -0.15) is 23.4 Å². The van der Waals surface area contributed by atoms with Crippen LogP contribution in [0, 0.1) is 0 Å². The van der Waals surface area contributed by atoms with Gasteiger partial charge < -0.3 is 16.2 Å². The van der Waals surface area contributed by atoms with Crippen LogP contribution in [0.3, 0.4) is 0 Å². The molecule has 0 bridgehead atoms. The average molecular weight is 640 g/mol. The third-order valence-electron chi connectivity index (χ3n) is 6.69. The van der Waals surface area contributed by atoms with Gasteiger partial charge in [-0.3, -0.25) is 14.2 Å². The molecule has 0 aliphatic carbocycles. The van der Waals surface area contributed by atoms with Crippen LogP contribution in [-0.4, -0.2) is 57.3 Å². The summed E-state index contributed by atoms with van der Waals surface area (Å²) in [5.41, 5.74) is 11.0. The number of anilines is 1. The fourth-order valence-corrected chi connectivity index (χ4v) is 4.97. The maximum Gasteiger partial charge on any atom is 0.490 e. The largest absolute Gasteiger partial charge is 0.490 e. The summed E-state index contributed by atoms with van der Waals surface area (Å²) in [7, 11) is 1.88. The first-order valence-electron chi connectivity index (χ1n) is 13.3. The Morgan fingerprint density at radius 2 is 1.80 bits per heavy atom. The number of rotatable bonds is 6. The Morgan fingerprint density at radius 3 is 2.44 bits per heavy atom. The summed E-state index contributed by atoms with van der Waals surface area (Å²) in [4.78, 5) is 26.6. The van der Waals surface area contributed by atoms with Gasteiger partial charge in [0.05, 0.1) is 23.3 Å². The van der Waals surface area contributed by atoms with Gasteiger partial charge in [-0.15, -0.1) is 5.10 Å². The van der Waals surface area contributed by atoms with Crippen LogP contribution in [0.25, 0.3) is 27.7 Å². The van der Waals surface area contributed by atoms with Gasteiger partial charge in [0, 0.05) is 42.8 Å². The van der Waals surface area contributed by atoms with Crippen molar-refractivity contribution in [3.63, 3.8) is 0 Å². The lowest BCUT2D eigenvalue weighted by atomic mass is 9.93. The van der Waals surface area contributed by atoms with Crippen molar-refractivity contribution >= 4 is 45.8 Å². The molecule has 1 unspecified atom stereocenters. The first-order valence-corrected chi connectivity index (χ1v) is 13.6. The lowest BCUT2D eigenvalue weighted by Crippen LogP contribution is -2.27. The van der Waals surface area contributed by atoms with Crippen molar-refractivity contribution in [2.75, 3.05) is 5.73 Å². The number of carboxylic acids is 1. The Hall–Kier alpha value is -5.44. The van der Waals surface area contributed by atoms with Crippen molar-refractivity contribution in [3.8, 4) is 11.1 Å². The Morgan fingerprint density at radius 1 is 1.09 bits per heavy atom. The van der Waals surface area contributed by atoms with Crippen molar-refractivity contribution in [2.45, 2.75) is 25.7 Å². The molecule has 45 heavy (non-hydrogen) atoms. The number of nitrogens with one attached hydrogen (secondary N) is 1. The van der Waals surface area contributed by atoms with E-state index in [1.807, 2.05) is 73.5 Å². The summed E-state index contributed by atoms with van der Waals surface area (Å²) in [5, 5.41) is 25.1. The summed E-state index contributed by atoms with van der Waals surface area (Å²) in [6.07, 6.45) is 2.04. The monoisotopic (exact) mass is 639 g/mol. The third-order valence-corrected chi connectivity index (χ3v) is 7.00. The summed E-state index contributed by atoms with van der Waals surface area (Å²) < 4.78 is 36.8. The van der Waals surface area contributed by atoms with Crippen molar-refractivity contribution in [1.29, 1.82) is 0 Å². The third kappa shape index (κ3) is 6.57. The Bertz CT molecular complexity index is 2020. The van der Waals surface area contributed by atoms with Crippen LogP contribution in [0.2, 0.25) is 5.02 Å². The number of benzene rings is 2. The van der Waals surface area contributed by atoms with E-state index in [0.717, 1.165) is 33.3 Å². The van der Waals surface area contributed by atoms with Gasteiger partial charge in [-0.1, -0.05) is 41.9 Å². The number of aryl methyl sites for hydroxylation is 1. The molecule has 4 aromatic heterocycles. The second-order valence-electron chi connectivity index (χ2n) is 9.90. The number of hydrogen-bond acceptors (Lipinski definition) is 7. The molecule has 0 aliphatic rings. The first-order chi connectivity index (χ1) is 21.3. The number of alkyl halides is 3. The fourth-order valence-electron chi connectivity index (χ4n) is 4.72. The van der Waals surface area contributed by atoms with E-state index in [-0.39, 0.29) is 17.3 Å². The van der Waals surface area contributed by atoms with Crippen LogP contribution in [0.1, 0.15) is 34.6 Å². The molecule has 16 heteroatoms. The summed E-state index contributed by atoms with van der Waals surface area (Å²) in [5.74, 6) is -3.02. The zero-order chi connectivity index (χ0) is 32.5. The number of nitrogens with two attached hydrogens (primary N) is 1. The summed E-state index contributed by atoms with van der Waals surface area (Å²) in [6.45, 7) is 2.41. The number of aromatic nitrogens is 7. The van der Waals surface area contributed by atoms with E-state index >= 15 is 0 Å². The molecule has 0 fully saturated rings. The van der Waals surface area contributed by atoms with E-state index in [1.54, 1.807) is 23.1 Å². The predicted molar refractivity (Wildman–Crippen MR) is 159 cm³/mol. The van der Waals surface area contributed by atoms with E-state index in [2.05, 4.69) is 20.5 Å². The van der Waals surface area contributed by atoms with Gasteiger partial charge in [0.2, 0.25) is 0 Å². The molecular weight excluding hydrogens is 615 g/mol. The number of fused-ring (bicyclic) bond motifs is 2.